The van der Waals surface area contributed by atoms with Crippen LogP contribution in [0.3, 0.4) is 0 Å². The SMILES string of the molecule is COC(=O)c1ccc(SC)c(Cl)c1CSC. The molecule has 1 rings (SSSR count). The van der Waals surface area contributed by atoms with E-state index >= 15 is 0 Å². The van der Waals surface area contributed by atoms with Gasteiger partial charge in [0.15, 0.2) is 0 Å². The molecule has 1 aromatic carbocycles. The summed E-state index contributed by atoms with van der Waals surface area (Å²) in [5, 5.41) is 0.657. The first kappa shape index (κ1) is 13.7. The van der Waals surface area contributed by atoms with Crippen LogP contribution in [0.2, 0.25) is 5.02 Å². The van der Waals surface area contributed by atoms with Crippen molar-refractivity contribution < 1.29 is 9.53 Å². The van der Waals surface area contributed by atoms with Crippen LogP contribution in [-0.4, -0.2) is 25.6 Å². The smallest absolute Gasteiger partial charge is 0.338 e. The Kier molecular flexibility index (Phi) is 5.52. The van der Waals surface area contributed by atoms with Crippen molar-refractivity contribution in [2.24, 2.45) is 0 Å². The molecule has 0 aliphatic carbocycles. The zero-order chi connectivity index (χ0) is 12.1. The lowest BCUT2D eigenvalue weighted by atomic mass is 10.1. The highest BCUT2D eigenvalue weighted by Crippen LogP contribution is 2.33. The summed E-state index contributed by atoms with van der Waals surface area (Å²) in [7, 11) is 1.38. The van der Waals surface area contributed by atoms with Crippen molar-refractivity contribution in [3.63, 3.8) is 0 Å². The fraction of sp³-hybridized carbons (Fsp3) is 0.364. The number of carbonyl (C=O) groups is 1. The van der Waals surface area contributed by atoms with Gasteiger partial charge in [0.1, 0.15) is 0 Å². The van der Waals surface area contributed by atoms with Gasteiger partial charge < -0.3 is 4.74 Å². The minimum Gasteiger partial charge on any atom is -0.465 e. The molecule has 0 radical (unpaired) electrons. The second-order valence-corrected chi connectivity index (χ2v) is 5.12. The van der Waals surface area contributed by atoms with Crippen molar-refractivity contribution >= 4 is 41.1 Å². The lowest BCUT2D eigenvalue weighted by molar-refractivity contribution is 0.0599. The zero-order valence-corrected chi connectivity index (χ0v) is 11.8. The Labute approximate surface area is 109 Å². The van der Waals surface area contributed by atoms with Crippen molar-refractivity contribution in [3.05, 3.63) is 28.3 Å². The van der Waals surface area contributed by atoms with E-state index in [2.05, 4.69) is 0 Å². The third kappa shape index (κ3) is 2.87. The molecule has 1 aromatic rings. The summed E-state index contributed by atoms with van der Waals surface area (Å²) in [5.74, 6) is 0.371. The molecule has 0 aromatic heterocycles. The van der Waals surface area contributed by atoms with Crippen molar-refractivity contribution in [3.8, 4) is 0 Å². The summed E-state index contributed by atoms with van der Waals surface area (Å²) in [6.45, 7) is 0. The van der Waals surface area contributed by atoms with Gasteiger partial charge in [0.2, 0.25) is 0 Å². The van der Waals surface area contributed by atoms with Gasteiger partial charge in [-0.25, -0.2) is 4.79 Å². The topological polar surface area (TPSA) is 26.3 Å². The van der Waals surface area contributed by atoms with E-state index in [1.807, 2.05) is 18.6 Å². The molecule has 16 heavy (non-hydrogen) atoms. The summed E-state index contributed by atoms with van der Waals surface area (Å²) >= 11 is 9.45. The fourth-order valence-electron chi connectivity index (χ4n) is 1.34. The van der Waals surface area contributed by atoms with Gasteiger partial charge >= 0.3 is 5.97 Å². The van der Waals surface area contributed by atoms with E-state index in [0.29, 0.717) is 16.3 Å². The number of hydrogen-bond donors (Lipinski definition) is 0. The van der Waals surface area contributed by atoms with Crippen LogP contribution in [-0.2, 0) is 10.5 Å². The van der Waals surface area contributed by atoms with Crippen LogP contribution < -0.4 is 0 Å². The van der Waals surface area contributed by atoms with Crippen LogP contribution >= 0.6 is 35.1 Å². The first-order chi connectivity index (χ1) is 7.65. The number of ether oxygens (including phenoxy) is 1. The Morgan fingerprint density at radius 2 is 2.12 bits per heavy atom. The fourth-order valence-corrected chi connectivity index (χ4v) is 2.98. The number of esters is 1. The van der Waals surface area contributed by atoms with Gasteiger partial charge in [0, 0.05) is 10.6 Å². The van der Waals surface area contributed by atoms with Crippen LogP contribution in [0.4, 0.5) is 0 Å². The summed E-state index contributed by atoms with van der Waals surface area (Å²) in [5.41, 5.74) is 1.41. The predicted octanol–water partition coefficient (Wildman–Crippen LogP) is 3.71. The van der Waals surface area contributed by atoms with Crippen LogP contribution in [0, 0.1) is 0 Å². The summed E-state index contributed by atoms with van der Waals surface area (Å²) in [6.07, 6.45) is 3.94. The molecule has 88 valence electrons. The molecule has 0 spiro atoms. The maximum Gasteiger partial charge on any atom is 0.338 e. The third-order valence-corrected chi connectivity index (χ3v) is 4.02. The second kappa shape index (κ2) is 6.42. The molecule has 5 heteroatoms. The largest absolute Gasteiger partial charge is 0.465 e. The first-order valence-electron chi connectivity index (χ1n) is 4.58. The number of carbonyl (C=O) groups excluding carboxylic acids is 1. The van der Waals surface area contributed by atoms with E-state index in [0.717, 1.165) is 10.5 Å². The van der Waals surface area contributed by atoms with E-state index in [1.54, 1.807) is 29.6 Å². The van der Waals surface area contributed by atoms with Crippen LogP contribution in [0.1, 0.15) is 15.9 Å². The van der Waals surface area contributed by atoms with Gasteiger partial charge in [0.05, 0.1) is 17.7 Å². The number of methoxy groups -OCH3 is 1. The maximum atomic E-state index is 11.6. The number of rotatable bonds is 4. The van der Waals surface area contributed by atoms with E-state index in [-0.39, 0.29) is 5.97 Å². The molecule has 0 amide bonds. The third-order valence-electron chi connectivity index (χ3n) is 2.12. The monoisotopic (exact) mass is 276 g/mol. The summed E-state index contributed by atoms with van der Waals surface area (Å²) in [4.78, 5) is 12.5. The number of thioether (sulfide) groups is 2. The minimum atomic E-state index is -0.335. The molecule has 0 aliphatic heterocycles. The molecule has 0 atom stereocenters. The van der Waals surface area contributed by atoms with Gasteiger partial charge in [-0.05, 0) is 30.2 Å². The minimum absolute atomic E-state index is 0.335. The Hall–Kier alpha value is -0.320. The van der Waals surface area contributed by atoms with E-state index in [4.69, 9.17) is 16.3 Å². The predicted molar refractivity (Wildman–Crippen MR) is 71.8 cm³/mol. The van der Waals surface area contributed by atoms with E-state index in [1.165, 1.54) is 7.11 Å². The summed E-state index contributed by atoms with van der Waals surface area (Å²) < 4.78 is 4.74. The molecule has 0 unspecified atom stereocenters. The Morgan fingerprint density at radius 3 is 2.62 bits per heavy atom. The normalized spacial score (nSPS) is 10.2. The highest BCUT2D eigenvalue weighted by Gasteiger charge is 2.16. The molecule has 2 nitrogen and oxygen atoms in total. The van der Waals surface area contributed by atoms with Crippen molar-refractivity contribution in [1.29, 1.82) is 0 Å². The van der Waals surface area contributed by atoms with Crippen LogP contribution in [0.15, 0.2) is 17.0 Å². The average molecular weight is 277 g/mol. The second-order valence-electron chi connectivity index (χ2n) is 3.03. The highest BCUT2D eigenvalue weighted by atomic mass is 35.5. The summed E-state index contributed by atoms with van der Waals surface area (Å²) in [6, 6.07) is 3.62. The quantitative estimate of drug-likeness (QED) is 0.619. The molecule has 0 heterocycles. The van der Waals surface area contributed by atoms with Crippen LogP contribution in [0.5, 0.6) is 0 Å². The molecule has 0 fully saturated rings. The van der Waals surface area contributed by atoms with Gasteiger partial charge in [-0.1, -0.05) is 11.6 Å². The molecular formula is C11H13ClO2S2. The molecule has 0 saturated heterocycles. The standard InChI is InChI=1S/C11H13ClO2S2/c1-14-11(13)7-4-5-9(16-3)10(12)8(7)6-15-2/h4-5H,6H2,1-3H3. The molecule has 0 saturated carbocycles. The van der Waals surface area contributed by atoms with Crippen LogP contribution in [0.25, 0.3) is 0 Å². The van der Waals surface area contributed by atoms with Crippen molar-refractivity contribution in [2.75, 3.05) is 19.6 Å². The van der Waals surface area contributed by atoms with Gasteiger partial charge in [0.25, 0.3) is 0 Å². The highest BCUT2D eigenvalue weighted by molar-refractivity contribution is 7.98. The Bertz CT molecular complexity index is 394. The number of halogens is 1. The Morgan fingerprint density at radius 1 is 1.44 bits per heavy atom. The average Bonchev–Trinajstić information content (AvgIpc) is 2.31. The van der Waals surface area contributed by atoms with Gasteiger partial charge in [-0.2, -0.15) is 11.8 Å². The lowest BCUT2D eigenvalue weighted by Crippen LogP contribution is -2.06. The molecule has 0 bridgehead atoms. The lowest BCUT2D eigenvalue weighted by Gasteiger charge is -2.11. The zero-order valence-electron chi connectivity index (χ0n) is 9.37. The number of hydrogen-bond acceptors (Lipinski definition) is 4. The molecule has 0 N–H and O–H groups in total. The molecular weight excluding hydrogens is 264 g/mol. The maximum absolute atomic E-state index is 11.6. The molecule has 0 aliphatic rings. The first-order valence-corrected chi connectivity index (χ1v) is 7.58. The van der Waals surface area contributed by atoms with Crippen molar-refractivity contribution in [1.82, 2.24) is 0 Å². The van der Waals surface area contributed by atoms with E-state index in [9.17, 15) is 4.79 Å². The van der Waals surface area contributed by atoms with Gasteiger partial charge in [-0.15, -0.1) is 11.8 Å². The van der Waals surface area contributed by atoms with Crippen molar-refractivity contribution in [2.45, 2.75) is 10.6 Å². The van der Waals surface area contributed by atoms with E-state index < -0.39 is 0 Å². The Balaban J connectivity index is 3.28. The van der Waals surface area contributed by atoms with Gasteiger partial charge in [-0.3, -0.25) is 0 Å². The number of benzene rings is 1.